The number of rotatable bonds is 4. The van der Waals surface area contributed by atoms with Crippen molar-refractivity contribution in [3.8, 4) is 0 Å². The zero-order valence-corrected chi connectivity index (χ0v) is 10.5. The molecule has 1 aromatic carbocycles. The van der Waals surface area contributed by atoms with Crippen molar-refractivity contribution in [1.29, 1.82) is 0 Å². The lowest BCUT2D eigenvalue weighted by Crippen LogP contribution is -2.24. The zero-order chi connectivity index (χ0) is 14.9. The Labute approximate surface area is 113 Å². The van der Waals surface area contributed by atoms with Gasteiger partial charge in [0.05, 0.1) is 10.8 Å². The molecule has 20 heavy (non-hydrogen) atoms. The van der Waals surface area contributed by atoms with Gasteiger partial charge in [-0.2, -0.15) is 0 Å². The van der Waals surface area contributed by atoms with Crippen LogP contribution >= 0.6 is 0 Å². The third-order valence-corrected chi connectivity index (χ3v) is 3.33. The molecular formula is C12H13N3O5. The number of carboxylic acid groups (broad SMARTS) is 1. The highest BCUT2D eigenvalue weighted by Gasteiger charge is 2.31. The summed E-state index contributed by atoms with van der Waals surface area (Å²) in [5.41, 5.74) is 5.38. The number of amides is 1. The molecule has 8 heteroatoms. The van der Waals surface area contributed by atoms with Gasteiger partial charge in [-0.15, -0.1) is 0 Å². The number of hydrogen-bond donors (Lipinski definition) is 2. The predicted molar refractivity (Wildman–Crippen MR) is 69.6 cm³/mol. The van der Waals surface area contributed by atoms with Crippen LogP contribution in [0.4, 0.5) is 11.4 Å². The Morgan fingerprint density at radius 1 is 1.45 bits per heavy atom. The molecule has 1 atom stereocenters. The van der Waals surface area contributed by atoms with E-state index in [-0.39, 0.29) is 23.5 Å². The summed E-state index contributed by atoms with van der Waals surface area (Å²) in [6.07, 6.45) is 0.410. The number of nitrogens with two attached hydrogens (primary N) is 1. The average Bonchev–Trinajstić information content (AvgIpc) is 2.87. The molecule has 1 aromatic rings. The van der Waals surface area contributed by atoms with E-state index in [0.717, 1.165) is 0 Å². The topological polar surface area (TPSA) is 127 Å². The van der Waals surface area contributed by atoms with Gasteiger partial charge in [-0.25, -0.2) is 0 Å². The Balaban J connectivity index is 2.38. The summed E-state index contributed by atoms with van der Waals surface area (Å²) in [6.45, 7) is 0.568. The predicted octanol–water partition coefficient (Wildman–Crippen LogP) is 0.605. The number of aliphatic carboxylic acids is 1. The van der Waals surface area contributed by atoms with Gasteiger partial charge in [0.25, 0.3) is 5.69 Å². The third-order valence-electron chi connectivity index (χ3n) is 3.33. The van der Waals surface area contributed by atoms with Gasteiger partial charge in [0.15, 0.2) is 0 Å². The van der Waals surface area contributed by atoms with E-state index in [1.807, 2.05) is 0 Å². The fourth-order valence-corrected chi connectivity index (χ4v) is 2.27. The molecular weight excluding hydrogens is 266 g/mol. The number of benzene rings is 1. The van der Waals surface area contributed by atoms with E-state index in [4.69, 9.17) is 10.8 Å². The van der Waals surface area contributed by atoms with E-state index in [1.165, 1.54) is 18.2 Å². The number of primary amides is 1. The van der Waals surface area contributed by atoms with Crippen LogP contribution in [0.1, 0.15) is 16.8 Å². The van der Waals surface area contributed by atoms with Crippen LogP contribution in [0.15, 0.2) is 18.2 Å². The largest absolute Gasteiger partial charge is 0.481 e. The molecule has 1 saturated heterocycles. The first-order valence-electron chi connectivity index (χ1n) is 5.96. The Morgan fingerprint density at radius 3 is 2.65 bits per heavy atom. The number of nitro groups is 1. The van der Waals surface area contributed by atoms with Crippen molar-refractivity contribution in [2.45, 2.75) is 6.42 Å². The second-order valence-corrected chi connectivity index (χ2v) is 4.59. The minimum absolute atomic E-state index is 0.157. The molecule has 0 aromatic heterocycles. The number of hydrogen-bond acceptors (Lipinski definition) is 5. The smallest absolute Gasteiger partial charge is 0.308 e. The van der Waals surface area contributed by atoms with Crippen molar-refractivity contribution in [2.75, 3.05) is 18.0 Å². The quantitative estimate of drug-likeness (QED) is 0.614. The molecule has 1 aliphatic heterocycles. The summed E-state index contributed by atoms with van der Waals surface area (Å²) in [5.74, 6) is -2.18. The number of nitrogens with zero attached hydrogens (tertiary/aromatic N) is 2. The molecule has 0 spiro atoms. The Bertz CT molecular complexity index is 586. The van der Waals surface area contributed by atoms with E-state index in [1.54, 1.807) is 4.90 Å². The normalized spacial score (nSPS) is 18.0. The highest BCUT2D eigenvalue weighted by molar-refractivity contribution is 5.94. The maximum absolute atomic E-state index is 11.2. The van der Waals surface area contributed by atoms with Crippen LogP contribution in [-0.2, 0) is 4.79 Å². The van der Waals surface area contributed by atoms with Gasteiger partial charge < -0.3 is 15.7 Å². The van der Waals surface area contributed by atoms with Gasteiger partial charge in [-0.1, -0.05) is 0 Å². The fourth-order valence-electron chi connectivity index (χ4n) is 2.27. The van der Waals surface area contributed by atoms with Gasteiger partial charge in [0.1, 0.15) is 5.69 Å². The molecule has 8 nitrogen and oxygen atoms in total. The summed E-state index contributed by atoms with van der Waals surface area (Å²) in [6, 6.07) is 3.84. The second-order valence-electron chi connectivity index (χ2n) is 4.59. The number of anilines is 1. The third kappa shape index (κ3) is 2.53. The van der Waals surface area contributed by atoms with Gasteiger partial charge in [-0.05, 0) is 18.6 Å². The molecule has 0 bridgehead atoms. The number of carbonyl (C=O) groups excluding carboxylic acids is 1. The van der Waals surface area contributed by atoms with Crippen molar-refractivity contribution >= 4 is 23.3 Å². The van der Waals surface area contributed by atoms with E-state index in [0.29, 0.717) is 13.0 Å². The lowest BCUT2D eigenvalue weighted by atomic mass is 10.1. The maximum atomic E-state index is 11.2. The van der Waals surface area contributed by atoms with Gasteiger partial charge >= 0.3 is 5.97 Å². The average molecular weight is 279 g/mol. The van der Waals surface area contributed by atoms with Crippen molar-refractivity contribution < 1.29 is 19.6 Å². The van der Waals surface area contributed by atoms with Crippen LogP contribution in [-0.4, -0.2) is 35.0 Å². The number of carboxylic acids is 1. The first-order chi connectivity index (χ1) is 9.40. The fraction of sp³-hybridized carbons (Fsp3) is 0.333. The summed E-state index contributed by atoms with van der Waals surface area (Å²) >= 11 is 0. The first-order valence-corrected chi connectivity index (χ1v) is 5.96. The molecule has 2 rings (SSSR count). The van der Waals surface area contributed by atoms with E-state index in [2.05, 4.69) is 0 Å². The molecule has 1 amide bonds. The minimum atomic E-state index is -0.929. The number of nitro benzene ring substituents is 1. The van der Waals surface area contributed by atoms with Crippen molar-refractivity contribution in [3.63, 3.8) is 0 Å². The van der Waals surface area contributed by atoms with Crippen LogP contribution in [0.5, 0.6) is 0 Å². The molecule has 106 valence electrons. The second kappa shape index (κ2) is 5.16. The highest BCUT2D eigenvalue weighted by atomic mass is 16.6. The molecule has 1 heterocycles. The van der Waals surface area contributed by atoms with Crippen LogP contribution in [0.2, 0.25) is 0 Å². The van der Waals surface area contributed by atoms with Crippen molar-refractivity contribution in [1.82, 2.24) is 0 Å². The van der Waals surface area contributed by atoms with Crippen LogP contribution in [0, 0.1) is 16.0 Å². The molecule has 1 aliphatic rings. The lowest BCUT2D eigenvalue weighted by molar-refractivity contribution is -0.384. The Hall–Kier alpha value is -2.64. The molecule has 0 saturated carbocycles. The zero-order valence-electron chi connectivity index (χ0n) is 10.5. The van der Waals surface area contributed by atoms with Crippen LogP contribution < -0.4 is 10.6 Å². The molecule has 1 unspecified atom stereocenters. The van der Waals surface area contributed by atoms with Crippen LogP contribution in [0.3, 0.4) is 0 Å². The maximum Gasteiger partial charge on any atom is 0.308 e. The number of carbonyl (C=O) groups is 2. The van der Waals surface area contributed by atoms with Crippen molar-refractivity contribution in [2.24, 2.45) is 11.7 Å². The Morgan fingerprint density at radius 2 is 2.15 bits per heavy atom. The lowest BCUT2D eigenvalue weighted by Gasteiger charge is -2.18. The monoisotopic (exact) mass is 279 g/mol. The van der Waals surface area contributed by atoms with Crippen LogP contribution in [0.25, 0.3) is 0 Å². The molecule has 0 radical (unpaired) electrons. The van der Waals surface area contributed by atoms with E-state index < -0.39 is 22.7 Å². The summed E-state index contributed by atoms with van der Waals surface area (Å²) < 4.78 is 0. The van der Waals surface area contributed by atoms with Gasteiger partial charge in [0, 0.05) is 24.7 Å². The van der Waals surface area contributed by atoms with E-state index >= 15 is 0 Å². The molecule has 1 fully saturated rings. The van der Waals surface area contributed by atoms with Gasteiger partial charge in [-0.3, -0.25) is 19.7 Å². The van der Waals surface area contributed by atoms with E-state index in [9.17, 15) is 19.7 Å². The first kappa shape index (κ1) is 13.8. The van der Waals surface area contributed by atoms with Crippen molar-refractivity contribution in [3.05, 3.63) is 33.9 Å². The molecule has 0 aliphatic carbocycles. The Kier molecular flexibility index (Phi) is 3.55. The standard InChI is InChI=1S/C12H13N3O5/c13-11(16)7-1-2-9(15(19)20)10(5-7)14-4-3-8(6-14)12(17)18/h1-2,5,8H,3-4,6H2,(H2,13,16)(H,17,18). The SMILES string of the molecule is NC(=O)c1ccc([N+](=O)[O-])c(N2CCC(C(=O)O)C2)c1. The summed E-state index contributed by atoms with van der Waals surface area (Å²) in [7, 11) is 0. The molecule has 3 N–H and O–H groups in total. The summed E-state index contributed by atoms with van der Waals surface area (Å²) in [4.78, 5) is 34.2. The van der Waals surface area contributed by atoms with Gasteiger partial charge in [0.2, 0.25) is 5.91 Å². The highest BCUT2D eigenvalue weighted by Crippen LogP contribution is 2.33. The summed E-state index contributed by atoms with van der Waals surface area (Å²) in [5, 5.41) is 20.0. The minimum Gasteiger partial charge on any atom is -0.481 e.